The van der Waals surface area contributed by atoms with E-state index < -0.39 is 90.5 Å². The van der Waals surface area contributed by atoms with Crippen molar-refractivity contribution in [3.63, 3.8) is 0 Å². The molecule has 0 aliphatic carbocycles. The fraction of sp³-hybridized carbons (Fsp3) is 0.486. The standard InChI is InChI=1S/C35H48N7O18P3S/c1-19(20-5-6-22-14-23(55-4)8-7-21(22)13-20)34(47)64-12-11-37-25(43)9-10-38-32(46)29(45)35(2,3)16-57-63(53,54)60-62(51,52)56-15-24-28(59-61(48,49)50)27(44)33(58-24)42-18-41-26-30(36)39-17-40-31(26)42/h5-8,13-14,17-19,24,27-29,33,44-45H,9-12,15-16H2,1-4H3,(H,37,43)(H,38,46)(H,51,52)(H,53,54)(H2,36,39,40)(H2,48,49,50)/p-4/t19-,24?,27?,28?,29?,33?/m0/s1. The predicted molar refractivity (Wildman–Crippen MR) is 217 cm³/mol. The van der Waals surface area contributed by atoms with Gasteiger partial charge in [0.25, 0.3) is 15.6 Å². The van der Waals surface area contributed by atoms with Gasteiger partial charge in [-0.3, -0.25) is 28.1 Å². The number of fused-ring (bicyclic) bond motifs is 2. The first-order valence-electron chi connectivity index (χ1n) is 19.0. The molecule has 7 unspecified atom stereocenters. The zero-order valence-corrected chi connectivity index (χ0v) is 37.9. The summed E-state index contributed by atoms with van der Waals surface area (Å²) in [6, 6.07) is 11.4. The number of carbonyl (C=O) groups is 3. The van der Waals surface area contributed by atoms with E-state index in [1.807, 2.05) is 36.4 Å². The van der Waals surface area contributed by atoms with Gasteiger partial charge in [0, 0.05) is 30.7 Å². The predicted octanol–water partition coefficient (Wildman–Crippen LogP) is -0.898. The molecule has 4 aromatic rings. The first kappa shape index (κ1) is 51.1. The minimum absolute atomic E-state index is 0.0249. The third kappa shape index (κ3) is 13.6. The molecule has 6 N–H and O–H groups in total. The largest absolute Gasteiger partial charge is 0.790 e. The molecule has 1 fully saturated rings. The molecular weight excluding hydrogens is 931 g/mol. The number of rotatable bonds is 22. The summed E-state index contributed by atoms with van der Waals surface area (Å²) in [4.78, 5) is 97.5. The summed E-state index contributed by atoms with van der Waals surface area (Å²) in [6.07, 6.45) is -7.66. The summed E-state index contributed by atoms with van der Waals surface area (Å²) in [5, 5.41) is 28.2. The highest BCUT2D eigenvalue weighted by Gasteiger charge is 2.47. The molecule has 29 heteroatoms. The van der Waals surface area contributed by atoms with Crippen molar-refractivity contribution in [2.75, 3.05) is 44.9 Å². The zero-order valence-electron chi connectivity index (χ0n) is 34.4. The third-order valence-electron chi connectivity index (χ3n) is 9.65. The lowest BCUT2D eigenvalue weighted by Gasteiger charge is -2.36. The molecular formula is C35H44N7O18P3S-4. The van der Waals surface area contributed by atoms with Crippen molar-refractivity contribution in [2.24, 2.45) is 5.41 Å². The van der Waals surface area contributed by atoms with E-state index in [-0.39, 0.29) is 47.4 Å². The van der Waals surface area contributed by atoms with Gasteiger partial charge in [0.05, 0.1) is 40.4 Å². The molecule has 0 saturated carbocycles. The lowest BCUT2D eigenvalue weighted by Crippen LogP contribution is -2.46. The van der Waals surface area contributed by atoms with Gasteiger partial charge in [0.15, 0.2) is 22.8 Å². The van der Waals surface area contributed by atoms with Gasteiger partial charge >= 0.3 is 0 Å². The zero-order chi connectivity index (χ0) is 47.2. The Balaban J connectivity index is 1.03. The normalized spacial score (nSPS) is 20.9. The second-order valence-corrected chi connectivity index (χ2v) is 20.0. The van der Waals surface area contributed by atoms with Crippen molar-refractivity contribution in [1.82, 2.24) is 30.2 Å². The number of amides is 2. The van der Waals surface area contributed by atoms with Gasteiger partial charge in [-0.05, 0) is 28.5 Å². The summed E-state index contributed by atoms with van der Waals surface area (Å²) >= 11 is 1.05. The van der Waals surface area contributed by atoms with E-state index in [1.54, 1.807) is 14.0 Å². The Morgan fingerprint density at radius 2 is 1.69 bits per heavy atom. The van der Waals surface area contributed by atoms with Gasteiger partial charge in [-0.2, -0.15) is 0 Å². The minimum atomic E-state index is -5.93. The molecule has 5 rings (SSSR count). The minimum Gasteiger partial charge on any atom is -0.790 e. The molecule has 1 aliphatic rings. The molecule has 2 aromatic carbocycles. The summed E-state index contributed by atoms with van der Waals surface area (Å²) in [5.74, 6) is -0.991. The van der Waals surface area contributed by atoms with Crippen LogP contribution in [0.3, 0.4) is 0 Å². The number of phosphoric ester groups is 3. The highest BCUT2D eigenvalue weighted by molar-refractivity contribution is 8.13. The number of aliphatic hydroxyl groups excluding tert-OH is 2. The number of nitrogen functional groups attached to an aromatic ring is 1. The van der Waals surface area contributed by atoms with Gasteiger partial charge in [0.1, 0.15) is 42.0 Å². The highest BCUT2D eigenvalue weighted by Crippen LogP contribution is 2.56. The summed E-state index contributed by atoms with van der Waals surface area (Å²) in [5.41, 5.74) is 4.89. The van der Waals surface area contributed by atoms with Crippen LogP contribution in [0.1, 0.15) is 44.9 Å². The molecule has 352 valence electrons. The van der Waals surface area contributed by atoms with Gasteiger partial charge in [0.2, 0.25) is 11.8 Å². The molecule has 2 amide bonds. The van der Waals surface area contributed by atoms with Crippen LogP contribution in [0, 0.1) is 5.41 Å². The summed E-state index contributed by atoms with van der Waals surface area (Å²) in [7, 11) is -16.1. The lowest BCUT2D eigenvalue weighted by atomic mass is 9.87. The number of thioether (sulfide) groups is 1. The maximum Gasteiger partial charge on any atom is 0.274 e. The number of imidazole rings is 1. The summed E-state index contributed by atoms with van der Waals surface area (Å²) in [6.45, 7) is 1.80. The Labute approximate surface area is 368 Å². The Morgan fingerprint density at radius 1 is 1.00 bits per heavy atom. The molecule has 2 aromatic heterocycles. The number of hydrogen-bond acceptors (Lipinski definition) is 23. The molecule has 1 aliphatic heterocycles. The van der Waals surface area contributed by atoms with Crippen molar-refractivity contribution >= 4 is 79.9 Å². The number of carbonyl (C=O) groups excluding carboxylic acids is 3. The fourth-order valence-corrected chi connectivity index (χ4v) is 9.69. The van der Waals surface area contributed by atoms with Crippen LogP contribution in [0.4, 0.5) is 5.82 Å². The van der Waals surface area contributed by atoms with E-state index in [4.69, 9.17) is 15.2 Å². The van der Waals surface area contributed by atoms with E-state index >= 15 is 0 Å². The van der Waals surface area contributed by atoms with Crippen LogP contribution in [-0.4, -0.2) is 110 Å². The van der Waals surface area contributed by atoms with E-state index in [2.05, 4.69) is 43.5 Å². The van der Waals surface area contributed by atoms with Crippen LogP contribution >= 0.6 is 35.2 Å². The second-order valence-electron chi connectivity index (χ2n) is 14.8. The number of hydrogen-bond donors (Lipinski definition) is 5. The van der Waals surface area contributed by atoms with Gasteiger partial charge in [-0.25, -0.2) is 19.3 Å². The highest BCUT2D eigenvalue weighted by atomic mass is 32.2. The second kappa shape index (κ2) is 21.1. The average molecular weight is 976 g/mol. The number of nitrogens with two attached hydrogens (primary N) is 1. The Bertz CT molecular complexity index is 2480. The maximum absolute atomic E-state index is 12.8. The fourth-order valence-electron chi connectivity index (χ4n) is 6.16. The van der Waals surface area contributed by atoms with E-state index in [9.17, 15) is 57.9 Å². The number of ether oxygens (including phenoxy) is 2. The number of methoxy groups -OCH3 is 1. The number of anilines is 1. The van der Waals surface area contributed by atoms with Crippen LogP contribution in [-0.2, 0) is 50.7 Å². The first-order valence-corrected chi connectivity index (χ1v) is 24.3. The molecule has 0 bridgehead atoms. The van der Waals surface area contributed by atoms with Crippen LogP contribution in [0.25, 0.3) is 21.9 Å². The van der Waals surface area contributed by atoms with Crippen LogP contribution in [0.15, 0.2) is 49.1 Å². The quantitative estimate of drug-likeness (QED) is 0.0471. The van der Waals surface area contributed by atoms with Crippen molar-refractivity contribution in [3.8, 4) is 5.75 Å². The number of aliphatic hydroxyl groups is 2. The maximum atomic E-state index is 12.8. The average Bonchev–Trinajstić information content (AvgIpc) is 3.79. The molecule has 0 radical (unpaired) electrons. The number of aromatic nitrogens is 4. The van der Waals surface area contributed by atoms with Crippen molar-refractivity contribution in [2.45, 2.75) is 63.8 Å². The molecule has 1 saturated heterocycles. The topological polar surface area (TPSA) is 384 Å². The monoisotopic (exact) mass is 975 g/mol. The number of benzene rings is 2. The van der Waals surface area contributed by atoms with E-state index in [0.717, 1.165) is 51.1 Å². The van der Waals surface area contributed by atoms with Crippen molar-refractivity contribution in [1.29, 1.82) is 0 Å². The third-order valence-corrected chi connectivity index (χ3v) is 13.7. The number of nitrogens with zero attached hydrogens (tertiary/aromatic N) is 4. The smallest absolute Gasteiger partial charge is 0.274 e. The van der Waals surface area contributed by atoms with E-state index in [0.29, 0.717) is 0 Å². The SMILES string of the molecule is COc1ccc2cc([C@H](C)C(=O)SCCNC(=O)CCNC(=O)C(O)C(C)(C)COP(=O)([O-])OP(=O)([O-])OCC3OC(n4cnc5c(N)ncnc54)C(O)C3OP(=O)([O-])[O-])ccc2c1. The molecule has 25 nitrogen and oxygen atoms in total. The van der Waals surface area contributed by atoms with Crippen molar-refractivity contribution in [3.05, 3.63) is 54.6 Å². The number of phosphoric acid groups is 3. The Hall–Kier alpha value is -3.94. The van der Waals surface area contributed by atoms with Crippen LogP contribution in [0.2, 0.25) is 0 Å². The first-order chi connectivity index (χ1) is 29.9. The number of nitrogens with one attached hydrogen (secondary N) is 2. The molecule has 0 spiro atoms. The molecule has 64 heavy (non-hydrogen) atoms. The van der Waals surface area contributed by atoms with Crippen LogP contribution in [0.5, 0.6) is 5.75 Å². The Morgan fingerprint density at radius 3 is 2.39 bits per heavy atom. The van der Waals surface area contributed by atoms with E-state index in [1.165, 1.54) is 13.8 Å². The van der Waals surface area contributed by atoms with Gasteiger partial charge in [-0.15, -0.1) is 0 Å². The van der Waals surface area contributed by atoms with Gasteiger partial charge < -0.3 is 73.8 Å². The lowest BCUT2D eigenvalue weighted by molar-refractivity contribution is -0.347. The molecule has 8 atom stereocenters. The van der Waals surface area contributed by atoms with Crippen molar-refractivity contribution < 1.29 is 85.2 Å². The summed E-state index contributed by atoms with van der Waals surface area (Å²) < 4.78 is 66.0. The van der Waals surface area contributed by atoms with Crippen LogP contribution < -0.4 is 40.7 Å². The molecule has 3 heterocycles. The Kier molecular flexibility index (Phi) is 16.9. The van der Waals surface area contributed by atoms with Gasteiger partial charge in [-0.1, -0.05) is 56.8 Å².